The first-order chi connectivity index (χ1) is 13.3. The fourth-order valence-electron chi connectivity index (χ4n) is 3.41. The number of nitrogens with zero attached hydrogens (tertiary/aromatic N) is 1. The number of sulfonamides is 1. The van der Waals surface area contributed by atoms with E-state index in [9.17, 15) is 18.0 Å². The average molecular weight is 412 g/mol. The van der Waals surface area contributed by atoms with Gasteiger partial charge in [-0.1, -0.05) is 19.3 Å². The summed E-state index contributed by atoms with van der Waals surface area (Å²) in [4.78, 5) is 26.3. The van der Waals surface area contributed by atoms with Gasteiger partial charge in [0, 0.05) is 13.1 Å². The zero-order valence-corrected chi connectivity index (χ0v) is 17.3. The van der Waals surface area contributed by atoms with Crippen molar-refractivity contribution in [3.63, 3.8) is 0 Å². The maximum atomic E-state index is 12.3. The van der Waals surface area contributed by atoms with Crippen LogP contribution in [-0.2, 0) is 24.3 Å². The minimum Gasteiger partial charge on any atom is -0.455 e. The molecule has 1 aliphatic carbocycles. The van der Waals surface area contributed by atoms with Crippen LogP contribution in [0.5, 0.6) is 0 Å². The third-order valence-electron chi connectivity index (χ3n) is 4.96. The SMILES string of the molecule is CCN(CC)c1ccc(S(N)(=O)=O)cc1NC(=O)COC(=O)C1CCCCC1. The molecule has 1 saturated carbocycles. The Morgan fingerprint density at radius 2 is 1.82 bits per heavy atom. The molecule has 0 aromatic heterocycles. The smallest absolute Gasteiger partial charge is 0.309 e. The number of carbonyl (C=O) groups excluding carboxylic acids is 2. The van der Waals surface area contributed by atoms with E-state index in [0.717, 1.165) is 32.1 Å². The highest BCUT2D eigenvalue weighted by Gasteiger charge is 2.23. The number of anilines is 2. The number of ether oxygens (including phenoxy) is 1. The standard InChI is InChI=1S/C19H29N3O5S/c1-3-22(4-2)17-11-10-15(28(20,25)26)12-16(17)21-18(23)13-27-19(24)14-8-6-5-7-9-14/h10-12,14H,3-9,13H2,1-2H3,(H,21,23)(H2,20,25,26). The Bertz CT molecular complexity index is 800. The summed E-state index contributed by atoms with van der Waals surface area (Å²) in [7, 11) is -3.91. The number of hydrogen-bond acceptors (Lipinski definition) is 6. The highest BCUT2D eigenvalue weighted by atomic mass is 32.2. The van der Waals surface area contributed by atoms with Crippen LogP contribution in [0.15, 0.2) is 23.1 Å². The second-order valence-electron chi connectivity index (χ2n) is 6.89. The molecule has 1 amide bonds. The molecular weight excluding hydrogens is 382 g/mol. The number of rotatable bonds is 8. The highest BCUT2D eigenvalue weighted by molar-refractivity contribution is 7.89. The molecule has 8 nitrogen and oxygen atoms in total. The van der Waals surface area contributed by atoms with Crippen molar-refractivity contribution in [2.75, 3.05) is 29.9 Å². The lowest BCUT2D eigenvalue weighted by atomic mass is 9.89. The molecule has 0 unspecified atom stereocenters. The van der Waals surface area contributed by atoms with Crippen molar-refractivity contribution in [1.82, 2.24) is 0 Å². The molecule has 1 aliphatic rings. The molecule has 9 heteroatoms. The van der Waals surface area contributed by atoms with Crippen molar-refractivity contribution in [2.24, 2.45) is 11.1 Å². The molecule has 0 spiro atoms. The molecule has 3 N–H and O–H groups in total. The third kappa shape index (κ3) is 5.93. The number of benzene rings is 1. The van der Waals surface area contributed by atoms with Gasteiger partial charge in [-0.05, 0) is 44.9 Å². The van der Waals surface area contributed by atoms with Crippen LogP contribution in [0.4, 0.5) is 11.4 Å². The molecule has 28 heavy (non-hydrogen) atoms. The van der Waals surface area contributed by atoms with E-state index in [2.05, 4.69) is 5.32 Å². The lowest BCUT2D eigenvalue weighted by molar-refractivity contribution is -0.152. The molecule has 156 valence electrons. The first-order valence-corrected chi connectivity index (χ1v) is 11.2. The van der Waals surface area contributed by atoms with Gasteiger partial charge in [-0.3, -0.25) is 9.59 Å². The first-order valence-electron chi connectivity index (χ1n) is 9.64. The fraction of sp³-hybridized carbons (Fsp3) is 0.579. The molecule has 1 aromatic rings. The van der Waals surface area contributed by atoms with Crippen LogP contribution in [0.1, 0.15) is 46.0 Å². The molecule has 1 fully saturated rings. The maximum absolute atomic E-state index is 12.3. The van der Waals surface area contributed by atoms with Gasteiger partial charge in [0.15, 0.2) is 6.61 Å². The molecule has 1 aromatic carbocycles. The third-order valence-corrected chi connectivity index (χ3v) is 5.87. The largest absolute Gasteiger partial charge is 0.455 e. The monoisotopic (exact) mass is 411 g/mol. The van der Waals surface area contributed by atoms with Crippen LogP contribution in [0, 0.1) is 5.92 Å². The Balaban J connectivity index is 2.11. The normalized spacial score (nSPS) is 15.1. The highest BCUT2D eigenvalue weighted by Crippen LogP contribution is 2.29. The van der Waals surface area contributed by atoms with Crippen LogP contribution in [-0.4, -0.2) is 40.0 Å². The van der Waals surface area contributed by atoms with E-state index in [1.54, 1.807) is 6.07 Å². The van der Waals surface area contributed by atoms with Crippen LogP contribution in [0.25, 0.3) is 0 Å². The fourth-order valence-corrected chi connectivity index (χ4v) is 3.95. The molecule has 0 heterocycles. The Kier molecular flexibility index (Phi) is 7.82. The Morgan fingerprint density at radius 1 is 1.18 bits per heavy atom. The summed E-state index contributed by atoms with van der Waals surface area (Å²) in [5.41, 5.74) is 0.985. The maximum Gasteiger partial charge on any atom is 0.309 e. The van der Waals surface area contributed by atoms with Gasteiger partial charge in [0.2, 0.25) is 10.0 Å². The summed E-state index contributed by atoms with van der Waals surface area (Å²) in [6, 6.07) is 4.34. The Labute approximate surface area is 166 Å². The van der Waals surface area contributed by atoms with Gasteiger partial charge in [-0.25, -0.2) is 13.6 Å². The number of esters is 1. The van der Waals surface area contributed by atoms with Crippen molar-refractivity contribution in [2.45, 2.75) is 50.8 Å². The van der Waals surface area contributed by atoms with Crippen LogP contribution >= 0.6 is 0 Å². The lowest BCUT2D eigenvalue weighted by Crippen LogP contribution is -2.28. The van der Waals surface area contributed by atoms with E-state index in [1.807, 2.05) is 18.7 Å². The van der Waals surface area contributed by atoms with Gasteiger partial charge in [0.05, 0.1) is 22.2 Å². The van der Waals surface area contributed by atoms with E-state index in [0.29, 0.717) is 24.5 Å². The van der Waals surface area contributed by atoms with Crippen molar-refractivity contribution in [1.29, 1.82) is 0 Å². The minimum atomic E-state index is -3.91. The van der Waals surface area contributed by atoms with Crippen LogP contribution in [0.2, 0.25) is 0 Å². The zero-order valence-electron chi connectivity index (χ0n) is 16.4. The van der Waals surface area contributed by atoms with Crippen molar-refractivity contribution in [3.05, 3.63) is 18.2 Å². The quantitative estimate of drug-likeness (QED) is 0.633. The number of primary sulfonamides is 1. The Hall–Kier alpha value is -2.13. The van der Waals surface area contributed by atoms with Crippen molar-refractivity contribution >= 4 is 33.3 Å². The lowest BCUT2D eigenvalue weighted by Gasteiger charge is -2.25. The molecule has 2 rings (SSSR count). The van der Waals surface area contributed by atoms with E-state index in [-0.39, 0.29) is 16.8 Å². The van der Waals surface area contributed by atoms with Crippen LogP contribution in [0.3, 0.4) is 0 Å². The summed E-state index contributed by atoms with van der Waals surface area (Å²) in [5.74, 6) is -1.01. The summed E-state index contributed by atoms with van der Waals surface area (Å²) in [5, 5.41) is 7.86. The summed E-state index contributed by atoms with van der Waals surface area (Å²) in [6.07, 6.45) is 4.71. The number of nitrogens with one attached hydrogen (secondary N) is 1. The van der Waals surface area contributed by atoms with E-state index >= 15 is 0 Å². The molecular formula is C19H29N3O5S. The minimum absolute atomic E-state index is 0.0992. The summed E-state index contributed by atoms with van der Waals surface area (Å²) < 4.78 is 28.5. The second kappa shape index (κ2) is 9.88. The van der Waals surface area contributed by atoms with E-state index in [1.165, 1.54) is 12.1 Å². The summed E-state index contributed by atoms with van der Waals surface area (Å²) >= 11 is 0. The number of hydrogen-bond donors (Lipinski definition) is 2. The van der Waals surface area contributed by atoms with E-state index < -0.39 is 22.5 Å². The Morgan fingerprint density at radius 3 is 2.39 bits per heavy atom. The molecule has 0 saturated heterocycles. The molecule has 0 bridgehead atoms. The van der Waals surface area contributed by atoms with Gasteiger partial charge >= 0.3 is 5.97 Å². The van der Waals surface area contributed by atoms with Gasteiger partial charge in [0.1, 0.15) is 0 Å². The zero-order chi connectivity index (χ0) is 20.7. The first kappa shape index (κ1) is 22.2. The molecule has 0 atom stereocenters. The van der Waals surface area contributed by atoms with Gasteiger partial charge < -0.3 is 15.0 Å². The predicted octanol–water partition coefficient (Wildman–Crippen LogP) is 2.24. The second-order valence-corrected chi connectivity index (χ2v) is 8.45. The number of carbonyl (C=O) groups is 2. The van der Waals surface area contributed by atoms with Gasteiger partial charge in [-0.15, -0.1) is 0 Å². The topological polar surface area (TPSA) is 119 Å². The van der Waals surface area contributed by atoms with Crippen molar-refractivity contribution in [3.8, 4) is 0 Å². The van der Waals surface area contributed by atoms with Crippen LogP contribution < -0.4 is 15.4 Å². The molecule has 0 radical (unpaired) electrons. The number of nitrogens with two attached hydrogens (primary N) is 1. The predicted molar refractivity (Wildman–Crippen MR) is 108 cm³/mol. The summed E-state index contributed by atoms with van der Waals surface area (Å²) in [6.45, 7) is 4.84. The van der Waals surface area contributed by atoms with Gasteiger partial charge in [-0.2, -0.15) is 0 Å². The number of amides is 1. The molecule has 0 aliphatic heterocycles. The van der Waals surface area contributed by atoms with E-state index in [4.69, 9.17) is 9.88 Å². The average Bonchev–Trinajstić information content (AvgIpc) is 2.68. The van der Waals surface area contributed by atoms with Crippen molar-refractivity contribution < 1.29 is 22.7 Å². The van der Waals surface area contributed by atoms with Gasteiger partial charge in [0.25, 0.3) is 5.91 Å².